The van der Waals surface area contributed by atoms with Crippen LogP contribution in [0.25, 0.3) is 0 Å². The van der Waals surface area contributed by atoms with Gasteiger partial charge in [-0.3, -0.25) is 0 Å². The van der Waals surface area contributed by atoms with Crippen LogP contribution in [0.2, 0.25) is 0 Å². The van der Waals surface area contributed by atoms with Crippen LogP contribution in [-0.4, -0.2) is 13.1 Å². The first-order valence-electron chi connectivity index (χ1n) is 3.23. The molecular formula is C7H12N2. The van der Waals surface area contributed by atoms with Crippen LogP contribution in [0.5, 0.6) is 0 Å². The highest BCUT2D eigenvalue weighted by Crippen LogP contribution is 1.98. The Labute approximate surface area is 55.4 Å². The van der Waals surface area contributed by atoms with Gasteiger partial charge in [0.25, 0.3) is 0 Å². The Bertz CT molecular complexity index is 136. The monoisotopic (exact) mass is 124 g/mol. The average molecular weight is 124 g/mol. The molecule has 0 saturated carbocycles. The lowest BCUT2D eigenvalue weighted by Crippen LogP contribution is -2.17. The lowest BCUT2D eigenvalue weighted by Gasteiger charge is -2.09. The van der Waals surface area contributed by atoms with E-state index in [0.29, 0.717) is 0 Å². The topological polar surface area (TPSA) is 38.0 Å². The molecule has 1 heterocycles. The number of rotatable bonds is 2. The first-order chi connectivity index (χ1) is 4.43. The summed E-state index contributed by atoms with van der Waals surface area (Å²) in [6, 6.07) is 0. The summed E-state index contributed by atoms with van der Waals surface area (Å²) in [6.45, 7) is 1.68. The summed E-state index contributed by atoms with van der Waals surface area (Å²) in [6.07, 6.45) is 7.17. The maximum Gasteiger partial charge on any atom is 0.0330 e. The van der Waals surface area contributed by atoms with Crippen molar-refractivity contribution in [3.05, 3.63) is 23.9 Å². The minimum Gasteiger partial charge on any atom is -0.385 e. The van der Waals surface area contributed by atoms with Crippen molar-refractivity contribution in [2.45, 2.75) is 6.42 Å². The average Bonchev–Trinajstić information content (AvgIpc) is 1.91. The predicted octanol–water partition coefficient (Wildman–Crippen LogP) is 0.379. The maximum absolute atomic E-state index is 5.35. The Kier molecular flexibility index (Phi) is 2.33. The summed E-state index contributed by atoms with van der Waals surface area (Å²) in [7, 11) is 0. The molecule has 0 bridgehead atoms. The van der Waals surface area contributed by atoms with Gasteiger partial charge in [-0.15, -0.1) is 0 Å². The molecule has 0 spiro atoms. The normalized spacial score (nSPS) is 16.8. The molecule has 0 aliphatic carbocycles. The fraction of sp³-hybridized carbons (Fsp3) is 0.429. The van der Waals surface area contributed by atoms with E-state index in [0.717, 1.165) is 19.5 Å². The highest BCUT2D eigenvalue weighted by molar-refractivity contribution is 5.16. The van der Waals surface area contributed by atoms with E-state index >= 15 is 0 Å². The van der Waals surface area contributed by atoms with Crippen LogP contribution in [0, 0.1) is 0 Å². The Morgan fingerprint density at radius 3 is 3.11 bits per heavy atom. The third-order valence-corrected chi connectivity index (χ3v) is 1.29. The number of hydrogen-bond acceptors (Lipinski definition) is 2. The molecule has 0 amide bonds. The van der Waals surface area contributed by atoms with E-state index in [-0.39, 0.29) is 0 Å². The van der Waals surface area contributed by atoms with Gasteiger partial charge in [0.15, 0.2) is 0 Å². The summed E-state index contributed by atoms with van der Waals surface area (Å²) in [5.41, 5.74) is 6.60. The van der Waals surface area contributed by atoms with E-state index in [1.165, 1.54) is 5.70 Å². The first kappa shape index (κ1) is 6.36. The van der Waals surface area contributed by atoms with Gasteiger partial charge in [-0.05, 0) is 19.0 Å². The second kappa shape index (κ2) is 3.30. The summed E-state index contributed by atoms with van der Waals surface area (Å²) in [5.74, 6) is 0. The largest absolute Gasteiger partial charge is 0.385 e. The molecule has 2 nitrogen and oxygen atoms in total. The standard InChI is InChI=1S/C7H12N2/c8-5-4-7-3-1-2-6-9-7/h1-3,9H,4-6,8H2. The molecule has 50 valence electrons. The summed E-state index contributed by atoms with van der Waals surface area (Å²) < 4.78 is 0. The summed E-state index contributed by atoms with van der Waals surface area (Å²) >= 11 is 0. The molecule has 1 aliphatic rings. The van der Waals surface area contributed by atoms with Crippen molar-refractivity contribution in [2.24, 2.45) is 5.73 Å². The van der Waals surface area contributed by atoms with Crippen molar-refractivity contribution in [1.82, 2.24) is 5.32 Å². The molecule has 9 heavy (non-hydrogen) atoms. The zero-order chi connectivity index (χ0) is 6.53. The van der Waals surface area contributed by atoms with Gasteiger partial charge in [-0.2, -0.15) is 0 Å². The molecule has 0 saturated heterocycles. The Balaban J connectivity index is 2.38. The molecule has 0 fully saturated rings. The van der Waals surface area contributed by atoms with Crippen molar-refractivity contribution < 1.29 is 0 Å². The fourth-order valence-electron chi connectivity index (χ4n) is 0.828. The highest BCUT2D eigenvalue weighted by Gasteiger charge is 1.93. The summed E-state index contributed by atoms with van der Waals surface area (Å²) in [4.78, 5) is 0. The van der Waals surface area contributed by atoms with E-state index < -0.39 is 0 Å². The van der Waals surface area contributed by atoms with E-state index in [1.807, 2.05) is 0 Å². The van der Waals surface area contributed by atoms with E-state index in [4.69, 9.17) is 5.73 Å². The van der Waals surface area contributed by atoms with E-state index in [2.05, 4.69) is 23.5 Å². The minimum absolute atomic E-state index is 0.729. The Hall–Kier alpha value is -0.760. The number of allylic oxidation sites excluding steroid dienone is 2. The van der Waals surface area contributed by atoms with Gasteiger partial charge in [0.2, 0.25) is 0 Å². The second-order valence-corrected chi connectivity index (χ2v) is 2.04. The molecule has 0 unspecified atom stereocenters. The van der Waals surface area contributed by atoms with Gasteiger partial charge in [0.05, 0.1) is 0 Å². The molecule has 0 radical (unpaired) electrons. The van der Waals surface area contributed by atoms with Crippen molar-refractivity contribution in [2.75, 3.05) is 13.1 Å². The van der Waals surface area contributed by atoms with Crippen LogP contribution in [-0.2, 0) is 0 Å². The van der Waals surface area contributed by atoms with Crippen molar-refractivity contribution in [1.29, 1.82) is 0 Å². The third-order valence-electron chi connectivity index (χ3n) is 1.29. The van der Waals surface area contributed by atoms with E-state index in [9.17, 15) is 0 Å². The number of nitrogens with one attached hydrogen (secondary N) is 1. The zero-order valence-electron chi connectivity index (χ0n) is 5.43. The molecule has 3 N–H and O–H groups in total. The van der Waals surface area contributed by atoms with E-state index in [1.54, 1.807) is 0 Å². The van der Waals surface area contributed by atoms with Crippen LogP contribution in [0.1, 0.15) is 6.42 Å². The van der Waals surface area contributed by atoms with Crippen molar-refractivity contribution in [3.63, 3.8) is 0 Å². The molecule has 0 aromatic heterocycles. The first-order valence-corrected chi connectivity index (χ1v) is 3.23. The second-order valence-electron chi connectivity index (χ2n) is 2.04. The maximum atomic E-state index is 5.35. The number of hydrogen-bond donors (Lipinski definition) is 2. The summed E-state index contributed by atoms with van der Waals surface area (Å²) in [5, 5.41) is 3.21. The zero-order valence-corrected chi connectivity index (χ0v) is 5.43. The smallest absolute Gasteiger partial charge is 0.0330 e. The predicted molar refractivity (Wildman–Crippen MR) is 38.9 cm³/mol. The Morgan fingerprint density at radius 2 is 2.56 bits per heavy atom. The molecule has 1 aliphatic heterocycles. The third kappa shape index (κ3) is 1.90. The highest BCUT2D eigenvalue weighted by atomic mass is 14.9. The molecule has 0 aromatic carbocycles. The van der Waals surface area contributed by atoms with Crippen molar-refractivity contribution in [3.8, 4) is 0 Å². The fourth-order valence-corrected chi connectivity index (χ4v) is 0.828. The molecule has 0 aromatic rings. The van der Waals surface area contributed by atoms with Crippen LogP contribution in [0.4, 0.5) is 0 Å². The van der Waals surface area contributed by atoms with Gasteiger partial charge in [-0.1, -0.05) is 12.2 Å². The lowest BCUT2D eigenvalue weighted by molar-refractivity contribution is 0.797. The van der Waals surface area contributed by atoms with Crippen LogP contribution >= 0.6 is 0 Å². The SMILES string of the molecule is NCCC1=CC=CCN1. The van der Waals surface area contributed by atoms with Gasteiger partial charge in [0.1, 0.15) is 0 Å². The molecule has 1 rings (SSSR count). The van der Waals surface area contributed by atoms with Crippen molar-refractivity contribution >= 4 is 0 Å². The quantitative estimate of drug-likeness (QED) is 0.558. The number of nitrogens with two attached hydrogens (primary N) is 1. The van der Waals surface area contributed by atoms with Gasteiger partial charge in [0, 0.05) is 12.2 Å². The lowest BCUT2D eigenvalue weighted by atomic mass is 10.2. The Morgan fingerprint density at radius 1 is 1.67 bits per heavy atom. The van der Waals surface area contributed by atoms with Crippen LogP contribution < -0.4 is 11.1 Å². The van der Waals surface area contributed by atoms with Crippen LogP contribution in [0.3, 0.4) is 0 Å². The van der Waals surface area contributed by atoms with Gasteiger partial charge < -0.3 is 11.1 Å². The molecule has 2 heteroatoms. The van der Waals surface area contributed by atoms with Gasteiger partial charge in [-0.25, -0.2) is 0 Å². The molecular weight excluding hydrogens is 112 g/mol. The van der Waals surface area contributed by atoms with Gasteiger partial charge >= 0.3 is 0 Å². The number of dihydropyridines is 1. The van der Waals surface area contributed by atoms with Crippen LogP contribution in [0.15, 0.2) is 23.9 Å². The molecule has 0 atom stereocenters. The minimum atomic E-state index is 0.729.